The molecule has 4 N–H and O–H groups in total. The standard InChI is InChI=1S/C23H36N2O8S/c1-15-8-10-17(11-9-15)34(29,30)25-19(24-16-6-4-3-5-7-16)12-13-32-22-20(27)18(14-26)33-23(31-2)21(22)28/h8-11,16,18,20-23,26-28H,3-7,12-14H2,1-2H3,(H,24,25)/t18-,20+,21-,22+,23-/m1/s1. The summed E-state index contributed by atoms with van der Waals surface area (Å²) in [5.41, 5.74) is 0.951. The molecule has 10 nitrogen and oxygen atoms in total. The number of aliphatic hydroxyl groups excluding tert-OH is 3. The number of rotatable bonds is 9. The maximum atomic E-state index is 13.0. The first-order valence-corrected chi connectivity index (χ1v) is 13.2. The van der Waals surface area contributed by atoms with E-state index >= 15 is 0 Å². The first-order chi connectivity index (χ1) is 16.2. The van der Waals surface area contributed by atoms with Crippen molar-refractivity contribution in [3.63, 3.8) is 0 Å². The molecule has 2 fully saturated rings. The van der Waals surface area contributed by atoms with Crippen molar-refractivity contribution >= 4 is 15.9 Å². The molecule has 1 saturated carbocycles. The molecule has 1 aliphatic heterocycles. The number of aliphatic hydroxyl groups is 3. The number of ether oxygens (including phenoxy) is 3. The lowest BCUT2D eigenvalue weighted by Crippen LogP contribution is -2.60. The highest BCUT2D eigenvalue weighted by molar-refractivity contribution is 7.90. The summed E-state index contributed by atoms with van der Waals surface area (Å²) in [7, 11) is -2.50. The second kappa shape index (κ2) is 12.4. The monoisotopic (exact) mass is 500 g/mol. The Hall–Kier alpha value is -1.60. The van der Waals surface area contributed by atoms with Crippen LogP contribution in [0, 0.1) is 6.92 Å². The van der Waals surface area contributed by atoms with Gasteiger partial charge in [0.1, 0.15) is 30.3 Å². The van der Waals surface area contributed by atoms with Gasteiger partial charge in [-0.25, -0.2) is 8.42 Å². The van der Waals surface area contributed by atoms with E-state index in [0.717, 1.165) is 37.7 Å². The van der Waals surface area contributed by atoms with Gasteiger partial charge in [0.2, 0.25) is 0 Å². The van der Waals surface area contributed by atoms with Crippen LogP contribution in [-0.4, -0.2) is 86.6 Å². The van der Waals surface area contributed by atoms with Crippen LogP contribution in [0.25, 0.3) is 0 Å². The Morgan fingerprint density at radius 1 is 1.15 bits per heavy atom. The summed E-state index contributed by atoms with van der Waals surface area (Å²) in [6, 6.07) is 6.57. The number of aliphatic imine (C=N–C) groups is 1. The lowest BCUT2D eigenvalue weighted by atomic mass is 9.96. The lowest BCUT2D eigenvalue weighted by molar-refractivity contribution is -0.301. The van der Waals surface area contributed by atoms with Crippen LogP contribution < -0.4 is 4.72 Å². The second-order valence-corrected chi connectivity index (χ2v) is 10.5. The van der Waals surface area contributed by atoms with Crippen LogP contribution in [0.4, 0.5) is 0 Å². The summed E-state index contributed by atoms with van der Waals surface area (Å²) in [6.07, 6.45) is -0.557. The smallest absolute Gasteiger partial charge is 0.262 e. The van der Waals surface area contributed by atoms with Gasteiger partial charge in [-0.2, -0.15) is 0 Å². The topological polar surface area (TPSA) is 147 Å². The number of nitrogens with one attached hydrogen (secondary N) is 1. The van der Waals surface area contributed by atoms with E-state index in [2.05, 4.69) is 9.71 Å². The molecule has 5 atom stereocenters. The Morgan fingerprint density at radius 2 is 1.82 bits per heavy atom. The number of amidine groups is 1. The van der Waals surface area contributed by atoms with Crippen LogP contribution in [0.5, 0.6) is 0 Å². The number of methoxy groups -OCH3 is 1. The molecule has 1 aliphatic carbocycles. The maximum Gasteiger partial charge on any atom is 0.262 e. The Bertz CT molecular complexity index is 886. The average Bonchev–Trinajstić information content (AvgIpc) is 2.82. The van der Waals surface area contributed by atoms with E-state index in [4.69, 9.17) is 14.2 Å². The van der Waals surface area contributed by atoms with Crippen LogP contribution in [0.2, 0.25) is 0 Å². The largest absolute Gasteiger partial charge is 0.394 e. The van der Waals surface area contributed by atoms with Crippen LogP contribution >= 0.6 is 0 Å². The highest BCUT2D eigenvalue weighted by Crippen LogP contribution is 2.25. The minimum atomic E-state index is -3.84. The van der Waals surface area contributed by atoms with Gasteiger partial charge in [0.05, 0.1) is 24.2 Å². The Balaban J connectivity index is 1.71. The number of hydrogen-bond acceptors (Lipinski definition) is 9. The molecule has 0 unspecified atom stereocenters. The van der Waals surface area contributed by atoms with E-state index in [1.54, 1.807) is 24.3 Å². The number of hydrogen-bond donors (Lipinski definition) is 4. The first kappa shape index (κ1) is 27.0. The number of aryl methyl sites for hydroxylation is 1. The fourth-order valence-electron chi connectivity index (χ4n) is 4.24. The van der Waals surface area contributed by atoms with Gasteiger partial charge < -0.3 is 29.5 Å². The van der Waals surface area contributed by atoms with Gasteiger partial charge in [-0.05, 0) is 31.9 Å². The average molecular weight is 501 g/mol. The van der Waals surface area contributed by atoms with E-state index in [-0.39, 0.29) is 29.8 Å². The Kier molecular flexibility index (Phi) is 9.84. The predicted octanol–water partition coefficient (Wildman–Crippen LogP) is 0.865. The quantitative estimate of drug-likeness (QED) is 0.288. The molecule has 0 bridgehead atoms. The molecule has 0 radical (unpaired) electrons. The first-order valence-electron chi connectivity index (χ1n) is 11.7. The van der Waals surface area contributed by atoms with Gasteiger partial charge in [-0.1, -0.05) is 37.0 Å². The van der Waals surface area contributed by atoms with Crippen LogP contribution in [-0.2, 0) is 24.2 Å². The molecule has 1 aromatic rings. The van der Waals surface area contributed by atoms with Crippen molar-refractivity contribution < 1.29 is 37.9 Å². The summed E-state index contributed by atoms with van der Waals surface area (Å²) in [5, 5.41) is 30.3. The highest BCUT2D eigenvalue weighted by atomic mass is 32.2. The molecule has 0 spiro atoms. The van der Waals surface area contributed by atoms with E-state index in [1.165, 1.54) is 7.11 Å². The van der Waals surface area contributed by atoms with Gasteiger partial charge in [0.25, 0.3) is 10.0 Å². The molecule has 0 amide bonds. The summed E-state index contributed by atoms with van der Waals surface area (Å²) >= 11 is 0. The third-order valence-electron chi connectivity index (χ3n) is 6.20. The predicted molar refractivity (Wildman–Crippen MR) is 125 cm³/mol. The molecule has 0 aromatic heterocycles. The Morgan fingerprint density at radius 3 is 2.44 bits per heavy atom. The zero-order valence-electron chi connectivity index (χ0n) is 19.7. The van der Waals surface area contributed by atoms with Crippen LogP contribution in [0.1, 0.15) is 44.1 Å². The van der Waals surface area contributed by atoms with E-state index in [9.17, 15) is 23.7 Å². The summed E-state index contributed by atoms with van der Waals surface area (Å²) < 4.78 is 44.7. The van der Waals surface area contributed by atoms with E-state index in [1.807, 2.05) is 6.92 Å². The van der Waals surface area contributed by atoms with Crippen molar-refractivity contribution in [2.45, 2.75) is 87.1 Å². The van der Waals surface area contributed by atoms with Crippen molar-refractivity contribution in [3.05, 3.63) is 29.8 Å². The fraction of sp³-hybridized carbons (Fsp3) is 0.696. The Labute approximate surface area is 201 Å². The van der Waals surface area contributed by atoms with Gasteiger partial charge in [-0.3, -0.25) is 9.71 Å². The molecule has 1 saturated heterocycles. The van der Waals surface area contributed by atoms with Crippen molar-refractivity contribution in [2.75, 3.05) is 20.3 Å². The normalized spacial score (nSPS) is 29.2. The minimum absolute atomic E-state index is 0.0185. The maximum absolute atomic E-state index is 13.0. The molecule has 1 aromatic carbocycles. The molecule has 192 valence electrons. The third kappa shape index (κ3) is 6.97. The SMILES string of the molecule is CO[C@@H]1O[C@H](CO)[C@H](O)[C@H](OCCC(=NC2CCCCC2)NS(=O)(=O)c2ccc(C)cc2)[C@H]1O. The molecule has 3 rings (SSSR count). The van der Waals surface area contributed by atoms with Crippen LogP contribution in [0.3, 0.4) is 0 Å². The summed E-state index contributed by atoms with van der Waals surface area (Å²) in [4.78, 5) is 4.82. The van der Waals surface area contributed by atoms with Gasteiger partial charge in [0, 0.05) is 13.5 Å². The number of nitrogens with zero attached hydrogens (tertiary/aromatic N) is 1. The molecule has 11 heteroatoms. The summed E-state index contributed by atoms with van der Waals surface area (Å²) in [6.45, 7) is 1.39. The summed E-state index contributed by atoms with van der Waals surface area (Å²) in [5.74, 6) is 0.269. The van der Waals surface area contributed by atoms with Crippen molar-refractivity contribution in [1.29, 1.82) is 0 Å². The van der Waals surface area contributed by atoms with Crippen molar-refractivity contribution in [1.82, 2.24) is 4.72 Å². The lowest BCUT2D eigenvalue weighted by Gasteiger charge is -2.41. The van der Waals surface area contributed by atoms with Crippen molar-refractivity contribution in [3.8, 4) is 0 Å². The van der Waals surface area contributed by atoms with Gasteiger partial charge >= 0.3 is 0 Å². The molecular weight excluding hydrogens is 464 g/mol. The van der Waals surface area contributed by atoms with Gasteiger partial charge in [0.15, 0.2) is 6.29 Å². The number of benzene rings is 1. The van der Waals surface area contributed by atoms with E-state index in [0.29, 0.717) is 0 Å². The minimum Gasteiger partial charge on any atom is -0.394 e. The fourth-order valence-corrected chi connectivity index (χ4v) is 5.32. The second-order valence-electron chi connectivity index (χ2n) is 8.81. The van der Waals surface area contributed by atoms with Crippen LogP contribution in [0.15, 0.2) is 34.2 Å². The molecule has 1 heterocycles. The zero-order valence-corrected chi connectivity index (χ0v) is 20.5. The highest BCUT2D eigenvalue weighted by Gasteiger charge is 2.45. The van der Waals surface area contributed by atoms with E-state index < -0.39 is 47.3 Å². The zero-order chi connectivity index (χ0) is 24.7. The molecule has 34 heavy (non-hydrogen) atoms. The molecular formula is C23H36N2O8S. The van der Waals surface area contributed by atoms with Crippen molar-refractivity contribution in [2.24, 2.45) is 4.99 Å². The number of sulfonamides is 1. The van der Waals surface area contributed by atoms with Gasteiger partial charge in [-0.15, -0.1) is 0 Å². The third-order valence-corrected chi connectivity index (χ3v) is 7.60. The molecule has 2 aliphatic rings.